The number of hydrogen-bond acceptors (Lipinski definition) is 13. The van der Waals surface area contributed by atoms with E-state index >= 15 is 0 Å². The molecule has 0 rings (SSSR count). The van der Waals surface area contributed by atoms with Crippen LogP contribution in [0.1, 0.15) is 130 Å². The molecule has 0 aromatic heterocycles. The Bertz CT molecular complexity index is 769. The molecule has 0 bridgehead atoms. The summed E-state index contributed by atoms with van der Waals surface area (Å²) in [5.41, 5.74) is -0.510. The molecular formula is C44H88O13. The van der Waals surface area contributed by atoms with Crippen LogP contribution < -0.4 is 0 Å². The van der Waals surface area contributed by atoms with E-state index in [2.05, 4.69) is 6.92 Å². The molecule has 0 aromatic rings. The van der Waals surface area contributed by atoms with Gasteiger partial charge in [-0.1, -0.05) is 103 Å². The molecule has 0 aliphatic carbocycles. The molecule has 342 valence electrons. The second-order valence-electron chi connectivity index (χ2n) is 15.1. The fraction of sp³-hybridized carbons (Fsp3) is 0.977. The van der Waals surface area contributed by atoms with Gasteiger partial charge < -0.3 is 56.8 Å². The van der Waals surface area contributed by atoms with E-state index in [0.717, 1.165) is 13.0 Å². The molecule has 0 amide bonds. The molecule has 0 unspecified atom stereocenters. The van der Waals surface area contributed by atoms with Crippen molar-refractivity contribution in [3.8, 4) is 0 Å². The maximum Gasteiger partial charge on any atom is 0.332 e. The molecule has 0 N–H and O–H groups in total. The van der Waals surface area contributed by atoms with Crippen LogP contribution in [0.15, 0.2) is 0 Å². The zero-order valence-corrected chi connectivity index (χ0v) is 37.2. The third-order valence-electron chi connectivity index (χ3n) is 8.50. The van der Waals surface area contributed by atoms with Gasteiger partial charge in [-0.3, -0.25) is 0 Å². The first kappa shape index (κ1) is 56.0. The molecule has 0 saturated heterocycles. The first-order chi connectivity index (χ1) is 28.0. The van der Waals surface area contributed by atoms with Crippen molar-refractivity contribution in [1.29, 1.82) is 0 Å². The van der Waals surface area contributed by atoms with Crippen LogP contribution in [0.25, 0.3) is 0 Å². The number of carbonyl (C=O) groups is 1. The number of carbonyl (C=O) groups excluding carboxylic acids is 1. The summed E-state index contributed by atoms with van der Waals surface area (Å²) in [5, 5.41) is 0. The van der Waals surface area contributed by atoms with Crippen molar-refractivity contribution in [2.75, 3.05) is 145 Å². The van der Waals surface area contributed by atoms with E-state index in [0.29, 0.717) is 132 Å². The Morgan fingerprint density at radius 2 is 0.509 bits per heavy atom. The van der Waals surface area contributed by atoms with Gasteiger partial charge in [-0.05, 0) is 27.2 Å². The molecule has 0 aliphatic heterocycles. The Hall–Kier alpha value is -0.970. The predicted octanol–water partition coefficient (Wildman–Crippen LogP) is 7.77. The number of esters is 1. The lowest BCUT2D eigenvalue weighted by Gasteiger charge is -2.19. The fourth-order valence-corrected chi connectivity index (χ4v) is 5.48. The largest absolute Gasteiger partial charge is 0.458 e. The Morgan fingerprint density at radius 3 is 0.754 bits per heavy atom. The van der Waals surface area contributed by atoms with E-state index in [1.54, 1.807) is 0 Å². The highest BCUT2D eigenvalue weighted by Gasteiger charge is 2.15. The van der Waals surface area contributed by atoms with Gasteiger partial charge in [0.05, 0.1) is 132 Å². The molecule has 0 fully saturated rings. The molecule has 0 spiro atoms. The van der Waals surface area contributed by atoms with Crippen molar-refractivity contribution in [2.45, 2.75) is 136 Å². The lowest BCUT2D eigenvalue weighted by Crippen LogP contribution is -2.27. The van der Waals surface area contributed by atoms with E-state index in [1.807, 2.05) is 20.8 Å². The first-order valence-corrected chi connectivity index (χ1v) is 22.5. The van der Waals surface area contributed by atoms with Gasteiger partial charge >= 0.3 is 5.97 Å². The molecular weight excluding hydrogens is 736 g/mol. The summed E-state index contributed by atoms with van der Waals surface area (Å²) < 4.78 is 65.6. The standard InChI is InChI=1S/C44H88O13/c1-5-6-7-8-9-10-11-12-13-14-15-16-17-18-19-20-21-46-22-23-47-24-25-48-26-27-49-28-29-50-30-31-51-32-33-52-34-35-53-36-37-54-38-39-55-40-41-56-42-43(45)57-44(2,3)4/h5-42H2,1-4H3. The number of rotatable bonds is 49. The van der Waals surface area contributed by atoms with Crippen molar-refractivity contribution in [2.24, 2.45) is 0 Å². The molecule has 0 atom stereocenters. The van der Waals surface area contributed by atoms with Crippen molar-refractivity contribution >= 4 is 5.97 Å². The number of unbranched alkanes of at least 4 members (excludes halogenated alkanes) is 15. The molecule has 0 heterocycles. The van der Waals surface area contributed by atoms with Crippen LogP contribution in [-0.4, -0.2) is 157 Å². The molecule has 13 nitrogen and oxygen atoms in total. The zero-order chi connectivity index (χ0) is 41.4. The second-order valence-corrected chi connectivity index (χ2v) is 15.1. The minimum absolute atomic E-state index is 0.0805. The maximum atomic E-state index is 11.5. The normalized spacial score (nSPS) is 11.9. The van der Waals surface area contributed by atoms with Crippen LogP contribution in [-0.2, 0) is 61.6 Å². The molecule has 0 radical (unpaired) electrons. The zero-order valence-electron chi connectivity index (χ0n) is 37.2. The number of hydrogen-bond donors (Lipinski definition) is 0. The fourth-order valence-electron chi connectivity index (χ4n) is 5.48. The van der Waals surface area contributed by atoms with Crippen LogP contribution in [0.4, 0.5) is 0 Å². The Labute approximate surface area is 348 Å². The topological polar surface area (TPSA) is 128 Å². The highest BCUT2D eigenvalue weighted by atomic mass is 16.6. The van der Waals surface area contributed by atoms with E-state index in [4.69, 9.17) is 56.8 Å². The van der Waals surface area contributed by atoms with Crippen LogP contribution in [0.5, 0.6) is 0 Å². The van der Waals surface area contributed by atoms with Gasteiger partial charge in [0.15, 0.2) is 0 Å². The summed E-state index contributed by atoms with van der Waals surface area (Å²) in [6.07, 6.45) is 22.1. The highest BCUT2D eigenvalue weighted by Crippen LogP contribution is 2.14. The third kappa shape index (κ3) is 53.0. The minimum Gasteiger partial charge on any atom is -0.458 e. The summed E-state index contributed by atoms with van der Waals surface area (Å²) in [6.45, 7) is 18.6. The van der Waals surface area contributed by atoms with Gasteiger partial charge in [-0.2, -0.15) is 0 Å². The van der Waals surface area contributed by atoms with Gasteiger partial charge in [0.2, 0.25) is 0 Å². The van der Waals surface area contributed by atoms with Crippen molar-refractivity contribution in [1.82, 2.24) is 0 Å². The smallest absolute Gasteiger partial charge is 0.332 e. The van der Waals surface area contributed by atoms with Crippen LogP contribution in [0.3, 0.4) is 0 Å². The molecule has 57 heavy (non-hydrogen) atoms. The third-order valence-corrected chi connectivity index (χ3v) is 8.50. The Kier molecular flexibility index (Phi) is 46.9. The van der Waals surface area contributed by atoms with Crippen LogP contribution in [0, 0.1) is 0 Å². The van der Waals surface area contributed by atoms with Gasteiger partial charge in [-0.15, -0.1) is 0 Å². The molecule has 0 aliphatic rings. The molecule has 13 heteroatoms. The van der Waals surface area contributed by atoms with Crippen LogP contribution >= 0.6 is 0 Å². The molecule has 0 aromatic carbocycles. The summed E-state index contributed by atoms with van der Waals surface area (Å²) in [7, 11) is 0. The van der Waals surface area contributed by atoms with Gasteiger partial charge in [0, 0.05) is 6.61 Å². The maximum absolute atomic E-state index is 11.5. The summed E-state index contributed by atoms with van der Waals surface area (Å²) >= 11 is 0. The van der Waals surface area contributed by atoms with Crippen molar-refractivity contribution in [3.05, 3.63) is 0 Å². The summed E-state index contributed by atoms with van der Waals surface area (Å²) in [5.74, 6) is -0.383. The van der Waals surface area contributed by atoms with E-state index in [-0.39, 0.29) is 12.6 Å². The quantitative estimate of drug-likeness (QED) is 0.0438. The predicted molar refractivity (Wildman–Crippen MR) is 224 cm³/mol. The lowest BCUT2D eigenvalue weighted by atomic mass is 10.0. The van der Waals surface area contributed by atoms with Gasteiger partial charge in [-0.25, -0.2) is 4.79 Å². The van der Waals surface area contributed by atoms with Gasteiger partial charge in [0.25, 0.3) is 0 Å². The second kappa shape index (κ2) is 47.7. The lowest BCUT2D eigenvalue weighted by molar-refractivity contribution is -0.160. The van der Waals surface area contributed by atoms with E-state index in [9.17, 15) is 4.79 Å². The highest BCUT2D eigenvalue weighted by molar-refractivity contribution is 5.71. The van der Waals surface area contributed by atoms with E-state index < -0.39 is 5.60 Å². The van der Waals surface area contributed by atoms with Gasteiger partial charge in [0.1, 0.15) is 12.2 Å². The SMILES string of the molecule is CCCCCCCCCCCCCCCCCCOCCOCCOCCOCCOCCOCCOCCOCCOCCOCCOCC(=O)OC(C)(C)C. The minimum atomic E-state index is -0.510. The van der Waals surface area contributed by atoms with Crippen LogP contribution in [0.2, 0.25) is 0 Å². The van der Waals surface area contributed by atoms with Crippen molar-refractivity contribution in [3.63, 3.8) is 0 Å². The summed E-state index contributed by atoms with van der Waals surface area (Å²) in [4.78, 5) is 11.5. The Balaban J connectivity index is 3.09. The monoisotopic (exact) mass is 825 g/mol. The average molecular weight is 825 g/mol. The molecule has 0 saturated carbocycles. The summed E-state index contributed by atoms with van der Waals surface area (Å²) in [6, 6.07) is 0. The van der Waals surface area contributed by atoms with Crippen molar-refractivity contribution < 1.29 is 61.6 Å². The average Bonchev–Trinajstić information content (AvgIpc) is 3.18. The first-order valence-electron chi connectivity index (χ1n) is 22.5. The Morgan fingerprint density at radius 1 is 0.298 bits per heavy atom. The number of ether oxygens (including phenoxy) is 12. The van der Waals surface area contributed by atoms with E-state index in [1.165, 1.54) is 96.3 Å².